The van der Waals surface area contributed by atoms with Crippen LogP contribution in [-0.4, -0.2) is 17.8 Å². The lowest BCUT2D eigenvalue weighted by atomic mass is 9.75. The molecule has 0 spiro atoms. The molecule has 0 heterocycles. The number of rotatable bonds is 5. The first-order chi connectivity index (χ1) is 9.20. The van der Waals surface area contributed by atoms with Crippen LogP contribution in [0, 0.1) is 17.8 Å². The Bertz CT molecular complexity index is 363. The quantitative estimate of drug-likeness (QED) is 0.878. The lowest BCUT2D eigenvalue weighted by molar-refractivity contribution is -0.0563. The minimum atomic E-state index is 0.268. The Labute approximate surface area is 116 Å². The van der Waals surface area contributed by atoms with E-state index in [1.165, 1.54) is 18.4 Å². The molecule has 0 amide bonds. The van der Waals surface area contributed by atoms with Gasteiger partial charge in [-0.2, -0.15) is 0 Å². The van der Waals surface area contributed by atoms with Gasteiger partial charge in [-0.3, -0.25) is 0 Å². The van der Waals surface area contributed by atoms with Crippen molar-refractivity contribution < 1.29 is 9.84 Å². The Morgan fingerprint density at radius 3 is 2.68 bits per heavy atom. The molecule has 1 aromatic carbocycles. The van der Waals surface area contributed by atoms with Crippen molar-refractivity contribution in [1.29, 1.82) is 0 Å². The van der Waals surface area contributed by atoms with Crippen LogP contribution in [0.4, 0.5) is 0 Å². The Morgan fingerprint density at radius 2 is 2.00 bits per heavy atom. The van der Waals surface area contributed by atoms with Crippen LogP contribution in [0.15, 0.2) is 30.3 Å². The summed E-state index contributed by atoms with van der Waals surface area (Å²) in [6, 6.07) is 10.3. The molecular formula is C17H26O2. The Balaban J connectivity index is 1.94. The Kier molecular flexibility index (Phi) is 5.41. The number of hydrogen-bond acceptors (Lipinski definition) is 2. The molecule has 1 N–H and O–H groups in total. The van der Waals surface area contributed by atoms with E-state index < -0.39 is 0 Å². The highest BCUT2D eigenvalue weighted by atomic mass is 16.5. The van der Waals surface area contributed by atoms with Gasteiger partial charge in [0.25, 0.3) is 0 Å². The molecule has 106 valence electrons. The van der Waals surface area contributed by atoms with Gasteiger partial charge < -0.3 is 9.84 Å². The number of hydrogen-bond donors (Lipinski definition) is 1. The van der Waals surface area contributed by atoms with Crippen LogP contribution in [0.3, 0.4) is 0 Å². The molecule has 2 nitrogen and oxygen atoms in total. The molecule has 4 atom stereocenters. The van der Waals surface area contributed by atoms with E-state index in [2.05, 4.69) is 38.1 Å². The van der Waals surface area contributed by atoms with Crippen molar-refractivity contribution in [2.45, 2.75) is 45.8 Å². The summed E-state index contributed by atoms with van der Waals surface area (Å²) in [4.78, 5) is 0. The monoisotopic (exact) mass is 262 g/mol. The van der Waals surface area contributed by atoms with Crippen LogP contribution in [0.5, 0.6) is 0 Å². The van der Waals surface area contributed by atoms with Crippen LogP contribution >= 0.6 is 0 Å². The second-order valence-electron chi connectivity index (χ2n) is 6.08. The predicted molar refractivity (Wildman–Crippen MR) is 77.8 cm³/mol. The van der Waals surface area contributed by atoms with Crippen molar-refractivity contribution in [3.63, 3.8) is 0 Å². The number of benzene rings is 1. The van der Waals surface area contributed by atoms with Crippen LogP contribution in [0.2, 0.25) is 0 Å². The molecule has 0 aliphatic heterocycles. The standard InChI is InChI=1S/C17H26O2/c1-13-8-9-16(14(2)11-18)17(10-13)19-12-15-6-4-3-5-7-15/h3-7,13-14,16-18H,8-12H2,1-2H3/t13-,14?,16+,17-/m1/s1. The molecule has 1 saturated carbocycles. The van der Waals surface area contributed by atoms with Gasteiger partial charge in [0.15, 0.2) is 0 Å². The fraction of sp³-hybridized carbons (Fsp3) is 0.647. The summed E-state index contributed by atoms with van der Waals surface area (Å²) in [5.41, 5.74) is 1.23. The molecule has 2 heteroatoms. The van der Waals surface area contributed by atoms with Gasteiger partial charge in [-0.15, -0.1) is 0 Å². The molecule has 1 fully saturated rings. The average molecular weight is 262 g/mol. The van der Waals surface area contributed by atoms with Crippen LogP contribution < -0.4 is 0 Å². The molecule has 2 rings (SSSR count). The summed E-state index contributed by atoms with van der Waals surface area (Å²) in [6.45, 7) is 5.40. The highest BCUT2D eigenvalue weighted by Gasteiger charge is 2.32. The largest absolute Gasteiger partial charge is 0.396 e. The highest BCUT2D eigenvalue weighted by molar-refractivity contribution is 5.13. The fourth-order valence-corrected chi connectivity index (χ4v) is 3.11. The number of aliphatic hydroxyl groups excluding tert-OH is 1. The first-order valence-electron chi connectivity index (χ1n) is 7.47. The van der Waals surface area contributed by atoms with Gasteiger partial charge >= 0.3 is 0 Å². The van der Waals surface area contributed by atoms with Crippen molar-refractivity contribution in [3.8, 4) is 0 Å². The van der Waals surface area contributed by atoms with Gasteiger partial charge in [0, 0.05) is 6.61 Å². The minimum Gasteiger partial charge on any atom is -0.396 e. The molecule has 0 aromatic heterocycles. The number of ether oxygens (including phenoxy) is 1. The second kappa shape index (κ2) is 7.06. The van der Waals surface area contributed by atoms with Gasteiger partial charge in [0.2, 0.25) is 0 Å². The zero-order valence-electron chi connectivity index (χ0n) is 12.1. The summed E-state index contributed by atoms with van der Waals surface area (Å²) in [7, 11) is 0. The molecular weight excluding hydrogens is 236 g/mol. The Morgan fingerprint density at radius 1 is 1.26 bits per heavy atom. The number of aliphatic hydroxyl groups is 1. The zero-order valence-corrected chi connectivity index (χ0v) is 12.1. The molecule has 1 unspecified atom stereocenters. The smallest absolute Gasteiger partial charge is 0.0720 e. The van der Waals surface area contributed by atoms with E-state index >= 15 is 0 Å². The molecule has 1 aromatic rings. The summed E-state index contributed by atoms with van der Waals surface area (Å²) in [5.74, 6) is 1.58. The molecule has 1 aliphatic rings. The lowest BCUT2D eigenvalue weighted by Gasteiger charge is -2.37. The molecule has 0 radical (unpaired) electrons. The third kappa shape index (κ3) is 4.05. The molecule has 1 aliphatic carbocycles. The normalized spacial score (nSPS) is 29.1. The van der Waals surface area contributed by atoms with Crippen molar-refractivity contribution in [2.75, 3.05) is 6.61 Å². The summed E-state index contributed by atoms with van der Waals surface area (Å²) < 4.78 is 6.16. The summed E-state index contributed by atoms with van der Waals surface area (Å²) in [5, 5.41) is 9.40. The maximum atomic E-state index is 9.40. The Hall–Kier alpha value is -0.860. The van der Waals surface area contributed by atoms with Gasteiger partial charge in [-0.1, -0.05) is 50.6 Å². The third-order valence-electron chi connectivity index (χ3n) is 4.43. The SMILES string of the molecule is CC(CO)[C@@H]1CC[C@@H](C)C[C@H]1OCc1ccccc1. The van der Waals surface area contributed by atoms with Gasteiger partial charge in [0.1, 0.15) is 0 Å². The van der Waals surface area contributed by atoms with E-state index in [-0.39, 0.29) is 6.61 Å². The van der Waals surface area contributed by atoms with E-state index in [0.717, 1.165) is 12.3 Å². The predicted octanol–water partition coefficient (Wildman–Crippen LogP) is 3.64. The average Bonchev–Trinajstić information content (AvgIpc) is 2.45. The van der Waals surface area contributed by atoms with E-state index in [1.54, 1.807) is 0 Å². The van der Waals surface area contributed by atoms with Crippen molar-refractivity contribution in [1.82, 2.24) is 0 Å². The van der Waals surface area contributed by atoms with Gasteiger partial charge in [0.05, 0.1) is 12.7 Å². The van der Waals surface area contributed by atoms with E-state index in [1.807, 2.05) is 6.07 Å². The highest BCUT2D eigenvalue weighted by Crippen LogP contribution is 2.35. The minimum absolute atomic E-state index is 0.268. The first-order valence-corrected chi connectivity index (χ1v) is 7.47. The molecule has 0 saturated heterocycles. The van der Waals surface area contributed by atoms with Crippen LogP contribution in [0.1, 0.15) is 38.7 Å². The summed E-state index contributed by atoms with van der Waals surface area (Å²) >= 11 is 0. The van der Waals surface area contributed by atoms with E-state index in [0.29, 0.717) is 24.5 Å². The first kappa shape index (κ1) is 14.5. The maximum absolute atomic E-state index is 9.40. The topological polar surface area (TPSA) is 29.5 Å². The summed E-state index contributed by atoms with van der Waals surface area (Å²) in [6.07, 6.45) is 3.87. The maximum Gasteiger partial charge on any atom is 0.0720 e. The lowest BCUT2D eigenvalue weighted by Crippen LogP contribution is -2.36. The van der Waals surface area contributed by atoms with Gasteiger partial charge in [-0.25, -0.2) is 0 Å². The van der Waals surface area contributed by atoms with Crippen molar-refractivity contribution in [3.05, 3.63) is 35.9 Å². The van der Waals surface area contributed by atoms with E-state index in [4.69, 9.17) is 4.74 Å². The fourth-order valence-electron chi connectivity index (χ4n) is 3.11. The molecule has 19 heavy (non-hydrogen) atoms. The van der Waals surface area contributed by atoms with Crippen LogP contribution in [-0.2, 0) is 11.3 Å². The zero-order chi connectivity index (χ0) is 13.7. The van der Waals surface area contributed by atoms with E-state index in [9.17, 15) is 5.11 Å². The third-order valence-corrected chi connectivity index (χ3v) is 4.43. The van der Waals surface area contributed by atoms with Crippen LogP contribution in [0.25, 0.3) is 0 Å². The van der Waals surface area contributed by atoms with Crippen molar-refractivity contribution in [2.24, 2.45) is 17.8 Å². The van der Waals surface area contributed by atoms with Gasteiger partial charge in [-0.05, 0) is 36.2 Å². The second-order valence-corrected chi connectivity index (χ2v) is 6.08. The van der Waals surface area contributed by atoms with Crippen molar-refractivity contribution >= 4 is 0 Å². The molecule has 0 bridgehead atoms.